The molecular weight excluding hydrogens is 4220 g/mol. The molecule has 14 nitrogen and oxygen atoms in total. The fourth-order valence-corrected chi connectivity index (χ4v) is 4200. The second kappa shape index (κ2) is 45.6. The van der Waals surface area contributed by atoms with Gasteiger partial charge in [-0.3, -0.25) is 9.80 Å². The molecule has 0 atom stereocenters. The molecule has 4 aliphatic rings. The van der Waals surface area contributed by atoms with E-state index in [1.165, 1.54) is 71.9 Å². The first-order valence-electron chi connectivity index (χ1n) is 29.6. The quantitative estimate of drug-likeness (QED) is 0.0430. The van der Waals surface area contributed by atoms with E-state index in [0.717, 1.165) is 129 Å². The molecule has 0 radical (unpaired) electrons. The Kier molecular flexibility index (Phi) is 42.9. The Labute approximate surface area is 760 Å². The molecule has 0 unspecified atom stereocenters. The van der Waals surface area contributed by atoms with Crippen molar-refractivity contribution in [3.63, 3.8) is 0 Å². The summed E-state index contributed by atoms with van der Waals surface area (Å²) in [6.45, 7) is 14.2. The minimum absolute atomic E-state index is 0.296. The van der Waals surface area contributed by atoms with Crippen LogP contribution >= 0.6 is 355 Å². The van der Waals surface area contributed by atoms with Crippen molar-refractivity contribution in [3.05, 3.63) is 142 Å². The SMILES string of the molecule is COC(=O)c1cn(C)c2cc(N3CCN(CCc4c(-c5ccccc5C)noc4C4CC4)CC3)ccc12.Cc1ccccc1-c1noc(C2CC2)c1CCN1CCN(c2ccc3c(C(=O)O)cn(C)c3c2)CC1.II(I)I(I)I(I)I(I)I(I)I(I)I(I)I(I)I(I)I(I)I(I)I(I)I. The van der Waals surface area contributed by atoms with Crippen molar-refractivity contribution < 1.29 is 28.5 Å². The number of aromatic nitrogens is 4. The van der Waals surface area contributed by atoms with Crippen LogP contribution in [-0.4, -0.2) is 119 Å². The molecule has 2 aliphatic heterocycles. The predicted octanol–water partition coefficient (Wildman–Crippen LogP) is 33.3. The third-order valence-corrected chi connectivity index (χ3v) is 1830. The number of benzene rings is 4. The molecule has 0 spiro atoms. The van der Waals surface area contributed by atoms with Crippen molar-refractivity contribution in [2.75, 3.05) is 82.4 Å². The number of hydrogen-bond acceptors (Lipinski definition) is 11. The number of aromatic carboxylic acids is 1. The molecule has 6 heterocycles. The zero-order valence-electron chi connectivity index (χ0n) is 52.6. The average Bonchev–Trinajstić information content (AvgIpc) is 1.72. The van der Waals surface area contributed by atoms with Gasteiger partial charge in [0.25, 0.3) is 0 Å². The summed E-state index contributed by atoms with van der Waals surface area (Å²) in [4.78, 5) is 33.6. The van der Waals surface area contributed by atoms with E-state index in [4.69, 9.17) is 13.8 Å². The van der Waals surface area contributed by atoms with Crippen LogP contribution in [0.3, 0.4) is 0 Å². The number of esters is 1. The van der Waals surface area contributed by atoms with E-state index >= 15 is 0 Å². The van der Waals surface area contributed by atoms with Gasteiger partial charge in [0.1, 0.15) is 22.9 Å². The predicted molar refractivity (Wildman–Crippen MR) is 651 cm³/mol. The van der Waals surface area contributed by atoms with Crippen LogP contribution in [0.2, 0.25) is 0 Å². The number of carbonyl (C=O) groups is 2. The summed E-state index contributed by atoms with van der Waals surface area (Å²) in [5, 5.41) is 20.3. The van der Waals surface area contributed by atoms with Crippen LogP contribution in [0.5, 0.6) is 0 Å². The summed E-state index contributed by atoms with van der Waals surface area (Å²) in [6, 6.07) is 29.4. The number of piperazine rings is 2. The Balaban J connectivity index is 0.000000164. The van der Waals surface area contributed by atoms with Gasteiger partial charge in [-0.15, -0.1) is 0 Å². The summed E-state index contributed by atoms with van der Waals surface area (Å²) < 4.78 is 20.7. The number of anilines is 2. The van der Waals surface area contributed by atoms with Gasteiger partial charge in [0, 0.05) is 148 Å². The average molecular weight is 4280 g/mol. The van der Waals surface area contributed by atoms with Gasteiger partial charge in [-0.05, 0) is 99.9 Å². The molecule has 0 amide bonds. The summed E-state index contributed by atoms with van der Waals surface area (Å²) in [5.41, 5.74) is 14.8. The van der Waals surface area contributed by atoms with E-state index < -0.39 is 101 Å². The van der Waals surface area contributed by atoms with Crippen molar-refractivity contribution in [2.24, 2.45) is 14.1 Å². The zero-order chi connectivity index (χ0) is 71.3. The number of carboxylic acid groups (broad SMARTS) is 1. The standard InChI is InChI=1S/C30H34N4O3.C29H32N4O3.I26/c1-20-6-4-5-7-23(20)28-25(29(37-31-28)21-8-9-21)12-13-33-14-16-34(17-15-33)22-10-11-24-26(30(35)36-3)19-32(2)27(24)18-22;1-19-5-3-4-6-22(19)27-24(28(36-30-27)20-7-8-20)11-12-32-13-15-33(16-14-32)21-9-10-23-25(29(34)35)18-31(2)26(23)17-21;1-15(2)17(5)19(7)21(9)23(11)25(13)26(14)24(12)22(10)20(8)18(6)16(3)4/h4-7,10-11,18-19,21H,8-9,12-17H2,1-3H3;3-6,9-10,17-18,20H,7-8,11-16H2,1-2H3,(H,34,35);. The van der Waals surface area contributed by atoms with E-state index in [1.54, 1.807) is 6.20 Å². The van der Waals surface area contributed by atoms with Gasteiger partial charge in [0.15, 0.2) is 0 Å². The van der Waals surface area contributed by atoms with Crippen LogP contribution in [0.25, 0.3) is 44.3 Å². The van der Waals surface area contributed by atoms with Crippen LogP contribution in [0.4, 0.5) is 11.4 Å². The van der Waals surface area contributed by atoms with Crippen LogP contribution in [0.1, 0.15) is 92.0 Å². The molecule has 560 valence electrons. The molecule has 8 aromatic rings. The van der Waals surface area contributed by atoms with Crippen LogP contribution in [0, 0.1) is 13.8 Å². The first-order valence-corrected chi connectivity index (χ1v) is 187. The Hall–Kier alpha value is 11.8. The maximum atomic E-state index is 12.1. The van der Waals surface area contributed by atoms with Crippen molar-refractivity contribution in [1.82, 2.24) is 29.2 Å². The van der Waals surface area contributed by atoms with Crippen molar-refractivity contribution in [3.8, 4) is 22.5 Å². The summed E-state index contributed by atoms with van der Waals surface area (Å²) in [6.07, 6.45) is 10.3. The van der Waals surface area contributed by atoms with Gasteiger partial charge in [-0.2, -0.15) is 0 Å². The fraction of sp³-hybridized carbons (Fsp3) is 0.390. The number of ether oxygens (including phenoxy) is 1. The Morgan fingerprint density at radius 3 is 1.17 bits per heavy atom. The number of halogens is 26. The summed E-state index contributed by atoms with van der Waals surface area (Å²) >= 11 is 43.5. The van der Waals surface area contributed by atoms with Gasteiger partial charge >= 0.3 is 367 Å². The monoisotopic (exact) mass is 4280 g/mol. The van der Waals surface area contributed by atoms with Gasteiger partial charge in [-0.1, -0.05) is 58.8 Å². The van der Waals surface area contributed by atoms with Crippen LogP contribution in [0.15, 0.2) is 106 Å². The van der Waals surface area contributed by atoms with E-state index in [9.17, 15) is 14.7 Å². The molecule has 2 aliphatic carbocycles. The molecule has 2 saturated carbocycles. The third kappa shape index (κ3) is 25.5. The molecule has 4 fully saturated rings. The minimum atomic E-state index is -0.884. The van der Waals surface area contributed by atoms with Crippen molar-refractivity contribution in [1.29, 1.82) is 0 Å². The molecule has 4 aromatic carbocycles. The third-order valence-electron chi connectivity index (χ3n) is 16.6. The first kappa shape index (κ1) is 93.1. The molecule has 12 rings (SSSR count). The second-order valence-electron chi connectivity index (χ2n) is 22.5. The van der Waals surface area contributed by atoms with Crippen molar-refractivity contribution in [2.45, 2.75) is 64.2 Å². The van der Waals surface area contributed by atoms with Gasteiger partial charge in [-0.25, -0.2) is 9.59 Å². The number of methoxy groups -OCH3 is 1. The first-order chi connectivity index (χ1) is 47.3. The van der Waals surface area contributed by atoms with Crippen molar-refractivity contribution >= 4 is 400 Å². The number of nitrogens with zero attached hydrogens (tertiary/aromatic N) is 8. The van der Waals surface area contributed by atoms with Gasteiger partial charge < -0.3 is 37.8 Å². The van der Waals surface area contributed by atoms with E-state index in [0.29, 0.717) is 23.0 Å². The molecule has 40 heteroatoms. The summed E-state index contributed by atoms with van der Waals surface area (Å²) in [7, 11) is -0.0188. The number of carbonyl (C=O) groups excluding carboxylic acids is 1. The van der Waals surface area contributed by atoms with E-state index in [-0.39, 0.29) is 5.97 Å². The van der Waals surface area contributed by atoms with Gasteiger partial charge in [0.2, 0.25) is 0 Å². The summed E-state index contributed by atoms with van der Waals surface area (Å²) in [5.74, 6) is 2.11. The van der Waals surface area contributed by atoms with Gasteiger partial charge in [0.05, 0.1) is 29.3 Å². The molecule has 1 N–H and O–H groups in total. The Bertz CT molecular complexity index is 4020. The number of carboxylic acids is 1. The van der Waals surface area contributed by atoms with Crippen LogP contribution in [-0.2, 0) is 31.7 Å². The zero-order valence-corrected chi connectivity index (χ0v) is 109. The maximum absolute atomic E-state index is 12.1. The number of rotatable bonds is 25. The molecular formula is C59H66I26N8O6. The van der Waals surface area contributed by atoms with E-state index in [1.807, 2.05) is 41.6 Å². The number of aryl methyl sites for hydroxylation is 4. The second-order valence-corrected chi connectivity index (χ2v) is 607. The fourth-order valence-electron chi connectivity index (χ4n) is 11.4. The topological polar surface area (TPSA) is 138 Å². The molecule has 99 heavy (non-hydrogen) atoms. The molecule has 0 bridgehead atoms. The van der Waals surface area contributed by atoms with E-state index in [2.05, 4.69) is 377 Å². The molecule has 4 aromatic heterocycles. The normalized spacial score (nSPS) is 17.0. The number of hydrogen-bond donors (Lipinski definition) is 1. The van der Waals surface area contributed by atoms with Crippen LogP contribution < -0.4 is 9.80 Å². The Morgan fingerprint density at radius 2 is 0.838 bits per heavy atom. The number of fused-ring (bicyclic) bond motifs is 2. The Morgan fingerprint density at radius 1 is 0.495 bits per heavy atom. The molecule has 2 saturated heterocycles.